The first kappa shape index (κ1) is 12.0. The first-order valence-corrected chi connectivity index (χ1v) is 6.27. The summed E-state index contributed by atoms with van der Waals surface area (Å²) in [4.78, 5) is 0. The van der Waals surface area contributed by atoms with Gasteiger partial charge in [-0.2, -0.15) is 0 Å². The van der Waals surface area contributed by atoms with Gasteiger partial charge in [-0.05, 0) is 23.8 Å². The van der Waals surface area contributed by atoms with Gasteiger partial charge < -0.3 is 10.5 Å². The standard InChI is InChI=1S/C14H14BrNO/c15-12-6-7-14(13(16)10-12)17-9-8-11-4-2-1-3-5-11/h1-7,10H,8-9,16H2. The second-order valence-corrected chi connectivity index (χ2v) is 4.68. The zero-order valence-corrected chi connectivity index (χ0v) is 11.0. The highest BCUT2D eigenvalue weighted by atomic mass is 79.9. The molecule has 0 spiro atoms. The third-order valence-corrected chi connectivity index (χ3v) is 2.96. The van der Waals surface area contributed by atoms with Gasteiger partial charge in [0.1, 0.15) is 5.75 Å². The van der Waals surface area contributed by atoms with E-state index in [1.54, 1.807) is 0 Å². The van der Waals surface area contributed by atoms with Crippen molar-refractivity contribution in [2.75, 3.05) is 12.3 Å². The first-order valence-electron chi connectivity index (χ1n) is 5.47. The van der Waals surface area contributed by atoms with E-state index in [0.717, 1.165) is 16.6 Å². The summed E-state index contributed by atoms with van der Waals surface area (Å²) in [6.07, 6.45) is 0.885. The molecule has 0 saturated carbocycles. The summed E-state index contributed by atoms with van der Waals surface area (Å²) >= 11 is 3.37. The van der Waals surface area contributed by atoms with Gasteiger partial charge in [-0.1, -0.05) is 46.3 Å². The molecule has 88 valence electrons. The number of nitrogens with two attached hydrogens (primary N) is 1. The van der Waals surface area contributed by atoms with Crippen molar-refractivity contribution in [2.45, 2.75) is 6.42 Å². The lowest BCUT2D eigenvalue weighted by atomic mass is 10.2. The zero-order valence-electron chi connectivity index (χ0n) is 9.40. The Hall–Kier alpha value is -1.48. The Morgan fingerprint density at radius 3 is 2.53 bits per heavy atom. The number of ether oxygens (including phenoxy) is 1. The summed E-state index contributed by atoms with van der Waals surface area (Å²) < 4.78 is 6.61. The maximum atomic E-state index is 5.85. The van der Waals surface area contributed by atoms with E-state index in [4.69, 9.17) is 10.5 Å². The molecule has 0 unspecified atom stereocenters. The Kier molecular flexibility index (Phi) is 4.04. The van der Waals surface area contributed by atoms with Gasteiger partial charge in [-0.15, -0.1) is 0 Å². The zero-order chi connectivity index (χ0) is 12.1. The summed E-state index contributed by atoms with van der Waals surface area (Å²) in [6, 6.07) is 15.9. The van der Waals surface area contributed by atoms with Crippen LogP contribution in [0.25, 0.3) is 0 Å². The second-order valence-electron chi connectivity index (χ2n) is 3.77. The molecule has 0 aliphatic heterocycles. The third kappa shape index (κ3) is 3.49. The monoisotopic (exact) mass is 291 g/mol. The molecule has 0 bridgehead atoms. The molecule has 0 aliphatic carbocycles. The molecule has 0 amide bonds. The molecular weight excluding hydrogens is 278 g/mol. The first-order chi connectivity index (χ1) is 8.25. The topological polar surface area (TPSA) is 35.2 Å². The number of hydrogen-bond donors (Lipinski definition) is 1. The molecule has 17 heavy (non-hydrogen) atoms. The minimum Gasteiger partial charge on any atom is -0.491 e. The third-order valence-electron chi connectivity index (χ3n) is 2.46. The van der Waals surface area contributed by atoms with Crippen molar-refractivity contribution < 1.29 is 4.74 Å². The normalized spacial score (nSPS) is 10.2. The van der Waals surface area contributed by atoms with Crippen LogP contribution in [0.15, 0.2) is 53.0 Å². The van der Waals surface area contributed by atoms with E-state index in [0.29, 0.717) is 12.3 Å². The van der Waals surface area contributed by atoms with Crippen LogP contribution in [-0.4, -0.2) is 6.61 Å². The van der Waals surface area contributed by atoms with Gasteiger partial charge in [0.25, 0.3) is 0 Å². The van der Waals surface area contributed by atoms with E-state index in [1.807, 2.05) is 36.4 Å². The molecule has 0 atom stereocenters. The fraction of sp³-hybridized carbons (Fsp3) is 0.143. The van der Waals surface area contributed by atoms with Gasteiger partial charge >= 0.3 is 0 Å². The SMILES string of the molecule is Nc1cc(Br)ccc1OCCc1ccccc1. The summed E-state index contributed by atoms with van der Waals surface area (Å²) in [5.41, 5.74) is 7.77. The van der Waals surface area contributed by atoms with Gasteiger partial charge in [-0.3, -0.25) is 0 Å². The molecule has 0 saturated heterocycles. The number of rotatable bonds is 4. The minimum absolute atomic E-state index is 0.635. The van der Waals surface area contributed by atoms with Crippen LogP contribution in [0.4, 0.5) is 5.69 Å². The van der Waals surface area contributed by atoms with Crippen molar-refractivity contribution in [1.29, 1.82) is 0 Å². The summed E-state index contributed by atoms with van der Waals surface area (Å²) in [5.74, 6) is 0.740. The van der Waals surface area contributed by atoms with Crippen molar-refractivity contribution in [3.63, 3.8) is 0 Å². The highest BCUT2D eigenvalue weighted by Gasteiger charge is 2.00. The highest BCUT2D eigenvalue weighted by Crippen LogP contribution is 2.25. The van der Waals surface area contributed by atoms with Crippen LogP contribution in [0.3, 0.4) is 0 Å². The molecule has 2 rings (SSSR count). The van der Waals surface area contributed by atoms with Crippen molar-refractivity contribution in [1.82, 2.24) is 0 Å². The van der Waals surface area contributed by atoms with E-state index in [9.17, 15) is 0 Å². The average molecular weight is 292 g/mol. The summed E-state index contributed by atoms with van der Waals surface area (Å²) in [7, 11) is 0. The highest BCUT2D eigenvalue weighted by molar-refractivity contribution is 9.10. The van der Waals surface area contributed by atoms with E-state index in [2.05, 4.69) is 28.1 Å². The van der Waals surface area contributed by atoms with Crippen LogP contribution in [0.5, 0.6) is 5.75 Å². The lowest BCUT2D eigenvalue weighted by molar-refractivity contribution is 0.323. The Morgan fingerprint density at radius 2 is 1.82 bits per heavy atom. The number of hydrogen-bond acceptors (Lipinski definition) is 2. The quantitative estimate of drug-likeness (QED) is 0.873. The molecule has 0 fully saturated rings. The molecule has 0 radical (unpaired) electrons. The molecular formula is C14H14BrNO. The Labute approximate surface area is 110 Å². The fourth-order valence-electron chi connectivity index (χ4n) is 1.57. The maximum Gasteiger partial charge on any atom is 0.142 e. The molecule has 0 aromatic heterocycles. The molecule has 0 aliphatic rings. The van der Waals surface area contributed by atoms with Crippen LogP contribution in [0.1, 0.15) is 5.56 Å². The van der Waals surface area contributed by atoms with Gasteiger partial charge in [0.05, 0.1) is 12.3 Å². The minimum atomic E-state index is 0.635. The maximum absolute atomic E-state index is 5.85. The van der Waals surface area contributed by atoms with Gasteiger partial charge in [0.15, 0.2) is 0 Å². The van der Waals surface area contributed by atoms with Crippen molar-refractivity contribution in [3.8, 4) is 5.75 Å². The lowest BCUT2D eigenvalue weighted by Gasteiger charge is -2.09. The summed E-state index contributed by atoms with van der Waals surface area (Å²) in [5, 5.41) is 0. The molecule has 2 aromatic rings. The van der Waals surface area contributed by atoms with Crippen LogP contribution in [-0.2, 0) is 6.42 Å². The van der Waals surface area contributed by atoms with E-state index >= 15 is 0 Å². The largest absolute Gasteiger partial charge is 0.491 e. The molecule has 2 N–H and O–H groups in total. The van der Waals surface area contributed by atoms with Gasteiger partial charge in [0, 0.05) is 10.9 Å². The Balaban J connectivity index is 1.90. The predicted octanol–water partition coefficient (Wildman–Crippen LogP) is 3.65. The average Bonchev–Trinajstić information content (AvgIpc) is 2.33. The number of benzene rings is 2. The Morgan fingerprint density at radius 1 is 1.06 bits per heavy atom. The van der Waals surface area contributed by atoms with E-state index < -0.39 is 0 Å². The van der Waals surface area contributed by atoms with Gasteiger partial charge in [0.2, 0.25) is 0 Å². The van der Waals surface area contributed by atoms with Crippen LogP contribution in [0.2, 0.25) is 0 Å². The molecule has 2 nitrogen and oxygen atoms in total. The smallest absolute Gasteiger partial charge is 0.142 e. The van der Waals surface area contributed by atoms with Crippen molar-refractivity contribution >= 4 is 21.6 Å². The predicted molar refractivity (Wildman–Crippen MR) is 74.2 cm³/mol. The lowest BCUT2D eigenvalue weighted by Crippen LogP contribution is -2.03. The van der Waals surface area contributed by atoms with Crippen LogP contribution >= 0.6 is 15.9 Å². The van der Waals surface area contributed by atoms with Gasteiger partial charge in [-0.25, -0.2) is 0 Å². The van der Waals surface area contributed by atoms with Crippen molar-refractivity contribution in [2.24, 2.45) is 0 Å². The number of nitrogen functional groups attached to an aromatic ring is 1. The summed E-state index contributed by atoms with van der Waals surface area (Å²) in [6.45, 7) is 0.635. The van der Waals surface area contributed by atoms with Crippen molar-refractivity contribution in [3.05, 3.63) is 58.6 Å². The Bertz CT molecular complexity index is 485. The fourth-order valence-corrected chi connectivity index (χ4v) is 1.95. The molecule has 3 heteroatoms. The van der Waals surface area contributed by atoms with Crippen LogP contribution < -0.4 is 10.5 Å². The second kappa shape index (κ2) is 5.73. The van der Waals surface area contributed by atoms with Crippen LogP contribution in [0, 0.1) is 0 Å². The van der Waals surface area contributed by atoms with E-state index in [-0.39, 0.29) is 0 Å². The number of anilines is 1. The molecule has 0 heterocycles. The molecule has 2 aromatic carbocycles. The number of halogens is 1. The van der Waals surface area contributed by atoms with E-state index in [1.165, 1.54) is 5.56 Å².